The molecule has 3 rings (SSSR count). The van der Waals surface area contributed by atoms with Gasteiger partial charge in [-0.15, -0.1) is 11.8 Å². The van der Waals surface area contributed by atoms with Crippen LogP contribution in [-0.4, -0.2) is 34.6 Å². The monoisotopic (exact) mass is 520 g/mol. The van der Waals surface area contributed by atoms with Crippen LogP contribution in [0.3, 0.4) is 0 Å². The van der Waals surface area contributed by atoms with Crippen LogP contribution in [0.15, 0.2) is 42.5 Å². The minimum absolute atomic E-state index is 0.0600. The summed E-state index contributed by atoms with van der Waals surface area (Å²) in [5, 5.41) is 4.25. The molecule has 0 aromatic heterocycles. The van der Waals surface area contributed by atoms with Crippen LogP contribution in [-0.2, 0) is 21.9 Å². The maximum absolute atomic E-state index is 13.5. The Hall–Kier alpha value is -1.69. The molecule has 0 bridgehead atoms. The number of benzene rings is 2. The first-order valence-corrected chi connectivity index (χ1v) is 14.0. The van der Waals surface area contributed by atoms with Crippen molar-refractivity contribution in [1.82, 2.24) is 10.2 Å². The van der Waals surface area contributed by atoms with Crippen LogP contribution in [0, 0.1) is 6.92 Å². The van der Waals surface area contributed by atoms with E-state index < -0.39 is 6.04 Å². The molecule has 1 N–H and O–H groups in total. The summed E-state index contributed by atoms with van der Waals surface area (Å²) in [4.78, 5) is 28.4. The number of hydrogen-bond donors (Lipinski definition) is 1. The Morgan fingerprint density at radius 3 is 2.50 bits per heavy atom. The maximum atomic E-state index is 13.5. The van der Waals surface area contributed by atoms with Gasteiger partial charge in [0.25, 0.3) is 0 Å². The number of hydrogen-bond acceptors (Lipinski definition) is 3. The van der Waals surface area contributed by atoms with Gasteiger partial charge in [0, 0.05) is 28.4 Å². The lowest BCUT2D eigenvalue weighted by Gasteiger charge is -2.33. The number of aryl methyl sites for hydroxylation is 1. The fourth-order valence-electron chi connectivity index (χ4n) is 4.40. The molecular formula is C27H34Cl2N2O2S. The second kappa shape index (κ2) is 13.4. The lowest BCUT2D eigenvalue weighted by Crippen LogP contribution is -2.52. The highest BCUT2D eigenvalue weighted by Crippen LogP contribution is 2.25. The largest absolute Gasteiger partial charge is 0.352 e. The molecule has 4 nitrogen and oxygen atoms in total. The lowest BCUT2D eigenvalue weighted by atomic mass is 9.95. The molecule has 0 saturated heterocycles. The zero-order valence-corrected chi connectivity index (χ0v) is 22.3. The summed E-state index contributed by atoms with van der Waals surface area (Å²) in [6.45, 7) is 4.31. The fraction of sp³-hybridized carbons (Fsp3) is 0.481. The molecule has 0 spiro atoms. The minimum atomic E-state index is -0.541. The summed E-state index contributed by atoms with van der Waals surface area (Å²) in [6, 6.07) is 13.1. The Kier molecular flexibility index (Phi) is 10.6. The predicted molar refractivity (Wildman–Crippen MR) is 143 cm³/mol. The predicted octanol–water partition coefficient (Wildman–Crippen LogP) is 6.79. The molecule has 1 aliphatic carbocycles. The molecule has 2 amide bonds. The van der Waals surface area contributed by atoms with Gasteiger partial charge < -0.3 is 10.2 Å². The van der Waals surface area contributed by atoms with E-state index in [1.165, 1.54) is 17.5 Å². The molecule has 0 unspecified atom stereocenters. The summed E-state index contributed by atoms with van der Waals surface area (Å²) in [5.74, 6) is 0.915. The normalized spacial score (nSPS) is 15.1. The van der Waals surface area contributed by atoms with Crippen molar-refractivity contribution in [2.45, 2.75) is 76.8 Å². The Morgan fingerprint density at radius 1 is 1.09 bits per heavy atom. The van der Waals surface area contributed by atoms with E-state index in [2.05, 4.69) is 24.4 Å². The van der Waals surface area contributed by atoms with Gasteiger partial charge in [-0.25, -0.2) is 0 Å². The van der Waals surface area contributed by atoms with Crippen molar-refractivity contribution in [2.24, 2.45) is 0 Å². The minimum Gasteiger partial charge on any atom is -0.352 e. The first kappa shape index (κ1) is 26.9. The molecule has 0 heterocycles. The second-order valence-electron chi connectivity index (χ2n) is 8.94. The molecule has 0 radical (unpaired) electrons. The van der Waals surface area contributed by atoms with E-state index in [9.17, 15) is 9.59 Å². The number of nitrogens with zero attached hydrogens (tertiary/aromatic N) is 1. The highest BCUT2D eigenvalue weighted by Gasteiger charge is 2.30. The Morgan fingerprint density at radius 2 is 1.82 bits per heavy atom. The molecule has 7 heteroatoms. The number of halogens is 2. The molecule has 2 aromatic carbocycles. The quantitative estimate of drug-likeness (QED) is 0.375. The van der Waals surface area contributed by atoms with Crippen LogP contribution in [0.4, 0.5) is 0 Å². The summed E-state index contributed by atoms with van der Waals surface area (Å²) in [7, 11) is 0. The summed E-state index contributed by atoms with van der Waals surface area (Å²) in [5.41, 5.74) is 3.22. The molecule has 0 aliphatic heterocycles. The molecule has 2 aromatic rings. The Balaban J connectivity index is 1.74. The lowest BCUT2D eigenvalue weighted by molar-refractivity contribution is -0.139. The van der Waals surface area contributed by atoms with E-state index in [4.69, 9.17) is 23.2 Å². The number of thioether (sulfide) groups is 1. The van der Waals surface area contributed by atoms with Crippen molar-refractivity contribution in [1.29, 1.82) is 0 Å². The second-order valence-corrected chi connectivity index (χ2v) is 10.8. The third-order valence-corrected chi connectivity index (χ3v) is 7.99. The molecule has 34 heavy (non-hydrogen) atoms. The van der Waals surface area contributed by atoms with E-state index in [1.54, 1.807) is 28.8 Å². The number of nitrogens with one attached hydrogen (secondary N) is 1. The third-order valence-electron chi connectivity index (χ3n) is 6.44. The van der Waals surface area contributed by atoms with Crippen molar-refractivity contribution in [2.75, 3.05) is 5.75 Å². The molecule has 1 fully saturated rings. The van der Waals surface area contributed by atoms with E-state index in [0.29, 0.717) is 22.2 Å². The van der Waals surface area contributed by atoms with Crippen molar-refractivity contribution in [3.05, 3.63) is 69.2 Å². The highest BCUT2D eigenvalue weighted by atomic mass is 35.5. The third kappa shape index (κ3) is 7.66. The number of carbonyl (C=O) groups is 2. The zero-order chi connectivity index (χ0) is 24.5. The van der Waals surface area contributed by atoms with Crippen molar-refractivity contribution < 1.29 is 9.59 Å². The van der Waals surface area contributed by atoms with Crippen molar-refractivity contribution >= 4 is 46.8 Å². The highest BCUT2D eigenvalue weighted by molar-refractivity contribution is 7.99. The zero-order valence-electron chi connectivity index (χ0n) is 20.0. The van der Waals surface area contributed by atoms with Gasteiger partial charge in [-0.1, -0.05) is 79.7 Å². The summed E-state index contributed by atoms with van der Waals surface area (Å²) < 4.78 is 0. The van der Waals surface area contributed by atoms with Crippen LogP contribution >= 0.6 is 35.0 Å². The summed E-state index contributed by atoms with van der Waals surface area (Å²) in [6.07, 6.45) is 6.05. The molecule has 1 saturated carbocycles. The van der Waals surface area contributed by atoms with Gasteiger partial charge in [-0.05, 0) is 55.0 Å². The van der Waals surface area contributed by atoms with Crippen LogP contribution in [0.5, 0.6) is 0 Å². The number of carbonyl (C=O) groups excluding carboxylic acids is 2. The number of amides is 2. The molecular weight excluding hydrogens is 487 g/mol. The van der Waals surface area contributed by atoms with Crippen LogP contribution in [0.25, 0.3) is 0 Å². The average Bonchev–Trinajstić information content (AvgIpc) is 2.82. The van der Waals surface area contributed by atoms with Crippen molar-refractivity contribution in [3.8, 4) is 0 Å². The van der Waals surface area contributed by atoms with E-state index in [-0.39, 0.29) is 24.4 Å². The Labute approximate surface area is 217 Å². The van der Waals surface area contributed by atoms with Gasteiger partial charge in [-0.3, -0.25) is 9.59 Å². The van der Waals surface area contributed by atoms with Crippen LogP contribution in [0.1, 0.15) is 62.1 Å². The van der Waals surface area contributed by atoms with Gasteiger partial charge in [0.05, 0.1) is 5.75 Å². The van der Waals surface area contributed by atoms with Crippen LogP contribution in [0.2, 0.25) is 10.0 Å². The topological polar surface area (TPSA) is 49.4 Å². The van der Waals surface area contributed by atoms with E-state index in [1.807, 2.05) is 25.1 Å². The fourth-order valence-corrected chi connectivity index (χ4v) is 5.86. The van der Waals surface area contributed by atoms with E-state index in [0.717, 1.165) is 37.0 Å². The first-order chi connectivity index (χ1) is 16.4. The van der Waals surface area contributed by atoms with Gasteiger partial charge in [0.15, 0.2) is 0 Å². The average molecular weight is 522 g/mol. The van der Waals surface area contributed by atoms with E-state index >= 15 is 0 Å². The van der Waals surface area contributed by atoms with Gasteiger partial charge in [0.2, 0.25) is 11.8 Å². The smallest absolute Gasteiger partial charge is 0.243 e. The molecule has 1 atom stereocenters. The molecule has 184 valence electrons. The molecule has 1 aliphatic rings. The Bertz CT molecular complexity index is 979. The standard InChI is InChI=1S/C27H34Cl2N2O2S/c1-3-25(27(33)30-23-11-5-4-6-12-23)31(16-20-13-14-22(28)15-24(20)29)26(32)18-34-17-21-10-8-7-9-19(21)2/h7-10,13-15,23,25H,3-6,11-12,16-18H2,1-2H3,(H,30,33)/t25-/m0/s1. The SMILES string of the molecule is CC[C@@H](C(=O)NC1CCCCC1)N(Cc1ccc(Cl)cc1Cl)C(=O)CSCc1ccccc1C. The summed E-state index contributed by atoms with van der Waals surface area (Å²) >= 11 is 14.1. The first-order valence-electron chi connectivity index (χ1n) is 12.0. The van der Waals surface area contributed by atoms with Gasteiger partial charge in [-0.2, -0.15) is 0 Å². The van der Waals surface area contributed by atoms with Crippen LogP contribution < -0.4 is 5.32 Å². The van der Waals surface area contributed by atoms with Gasteiger partial charge >= 0.3 is 0 Å². The van der Waals surface area contributed by atoms with Crippen molar-refractivity contribution in [3.63, 3.8) is 0 Å². The maximum Gasteiger partial charge on any atom is 0.243 e. The number of rotatable bonds is 10. The van der Waals surface area contributed by atoms with Gasteiger partial charge in [0.1, 0.15) is 6.04 Å².